The zero-order chi connectivity index (χ0) is 10.8. The van der Waals surface area contributed by atoms with E-state index in [1.165, 1.54) is 0 Å². The van der Waals surface area contributed by atoms with Gasteiger partial charge in [-0.25, -0.2) is 0 Å². The lowest BCUT2D eigenvalue weighted by Crippen LogP contribution is -2.07. The molecule has 0 saturated carbocycles. The summed E-state index contributed by atoms with van der Waals surface area (Å²) in [5, 5.41) is 7.19. The van der Waals surface area contributed by atoms with Crippen LogP contribution in [-0.2, 0) is 0 Å². The SMILES string of the molecule is CC(N)c1ncc(-c2cn[nH]c2)cc1Cl. The van der Waals surface area contributed by atoms with Crippen LogP contribution in [0, 0.1) is 0 Å². The highest BCUT2D eigenvalue weighted by molar-refractivity contribution is 6.31. The zero-order valence-corrected chi connectivity index (χ0v) is 8.99. The number of pyridine rings is 1. The van der Waals surface area contributed by atoms with Gasteiger partial charge >= 0.3 is 0 Å². The number of rotatable bonds is 2. The minimum Gasteiger partial charge on any atom is -0.323 e. The van der Waals surface area contributed by atoms with Crippen LogP contribution in [0.2, 0.25) is 5.02 Å². The Labute approximate surface area is 92.5 Å². The first-order valence-electron chi connectivity index (χ1n) is 4.58. The molecule has 78 valence electrons. The fraction of sp³-hybridized carbons (Fsp3) is 0.200. The zero-order valence-electron chi connectivity index (χ0n) is 8.24. The van der Waals surface area contributed by atoms with E-state index in [2.05, 4.69) is 15.2 Å². The lowest BCUT2D eigenvalue weighted by atomic mass is 10.1. The Balaban J connectivity index is 2.42. The Morgan fingerprint density at radius 3 is 2.73 bits per heavy atom. The smallest absolute Gasteiger partial charge is 0.0754 e. The van der Waals surface area contributed by atoms with Gasteiger partial charge in [-0.2, -0.15) is 5.10 Å². The minimum atomic E-state index is -0.157. The first-order chi connectivity index (χ1) is 7.18. The molecule has 2 heterocycles. The maximum Gasteiger partial charge on any atom is 0.0754 e. The second-order valence-corrected chi connectivity index (χ2v) is 3.77. The average Bonchev–Trinajstić information content (AvgIpc) is 2.69. The van der Waals surface area contributed by atoms with E-state index < -0.39 is 0 Å². The van der Waals surface area contributed by atoms with Crippen molar-refractivity contribution in [2.75, 3.05) is 0 Å². The molecule has 2 aromatic heterocycles. The molecule has 2 aromatic rings. The largest absolute Gasteiger partial charge is 0.323 e. The van der Waals surface area contributed by atoms with E-state index in [0.29, 0.717) is 10.7 Å². The molecule has 0 aliphatic carbocycles. The van der Waals surface area contributed by atoms with E-state index in [9.17, 15) is 0 Å². The molecule has 0 aromatic carbocycles. The molecular weight excluding hydrogens is 212 g/mol. The summed E-state index contributed by atoms with van der Waals surface area (Å²) >= 11 is 6.07. The van der Waals surface area contributed by atoms with Crippen LogP contribution >= 0.6 is 11.6 Å². The van der Waals surface area contributed by atoms with E-state index in [-0.39, 0.29) is 6.04 Å². The van der Waals surface area contributed by atoms with Crippen LogP contribution in [0.4, 0.5) is 0 Å². The molecule has 0 fully saturated rings. The van der Waals surface area contributed by atoms with Crippen molar-refractivity contribution in [2.24, 2.45) is 5.73 Å². The predicted octanol–water partition coefficient (Wildman–Crippen LogP) is 2.14. The molecule has 0 aliphatic rings. The monoisotopic (exact) mass is 222 g/mol. The van der Waals surface area contributed by atoms with Crippen molar-refractivity contribution in [2.45, 2.75) is 13.0 Å². The van der Waals surface area contributed by atoms with Crippen LogP contribution in [0.15, 0.2) is 24.7 Å². The third kappa shape index (κ3) is 2.00. The molecule has 3 N–H and O–H groups in total. The van der Waals surface area contributed by atoms with Crippen LogP contribution in [-0.4, -0.2) is 15.2 Å². The Bertz CT molecular complexity index is 450. The highest BCUT2D eigenvalue weighted by atomic mass is 35.5. The van der Waals surface area contributed by atoms with Gasteiger partial charge in [0.1, 0.15) is 0 Å². The third-order valence-electron chi connectivity index (χ3n) is 2.13. The first-order valence-corrected chi connectivity index (χ1v) is 4.96. The van der Waals surface area contributed by atoms with Gasteiger partial charge in [0.15, 0.2) is 0 Å². The maximum absolute atomic E-state index is 6.07. The number of hydrogen-bond donors (Lipinski definition) is 2. The molecule has 5 heteroatoms. The van der Waals surface area contributed by atoms with Crippen molar-refractivity contribution in [1.82, 2.24) is 15.2 Å². The van der Waals surface area contributed by atoms with Gasteiger partial charge in [-0.05, 0) is 13.0 Å². The Kier molecular flexibility index (Phi) is 2.70. The Morgan fingerprint density at radius 2 is 2.20 bits per heavy atom. The van der Waals surface area contributed by atoms with Crippen LogP contribution in [0.25, 0.3) is 11.1 Å². The summed E-state index contributed by atoms with van der Waals surface area (Å²) in [6, 6.07) is 1.69. The Morgan fingerprint density at radius 1 is 1.40 bits per heavy atom. The second kappa shape index (κ2) is 4.00. The summed E-state index contributed by atoms with van der Waals surface area (Å²) in [4.78, 5) is 4.24. The maximum atomic E-state index is 6.07. The second-order valence-electron chi connectivity index (χ2n) is 3.37. The predicted molar refractivity (Wildman–Crippen MR) is 59.4 cm³/mol. The fourth-order valence-electron chi connectivity index (χ4n) is 1.35. The quantitative estimate of drug-likeness (QED) is 0.818. The standard InChI is InChI=1S/C10H11ClN4/c1-6(12)10-9(11)2-7(3-13-10)8-4-14-15-5-8/h2-6H,12H2,1H3,(H,14,15). The van der Waals surface area contributed by atoms with Crippen molar-refractivity contribution in [1.29, 1.82) is 0 Å². The molecule has 0 spiro atoms. The summed E-state index contributed by atoms with van der Waals surface area (Å²) in [7, 11) is 0. The lowest BCUT2D eigenvalue weighted by Gasteiger charge is -2.07. The van der Waals surface area contributed by atoms with Gasteiger partial charge < -0.3 is 5.73 Å². The van der Waals surface area contributed by atoms with Crippen molar-refractivity contribution in [3.05, 3.63) is 35.4 Å². The molecule has 2 rings (SSSR count). The molecule has 0 amide bonds. The molecular formula is C10H11ClN4. The van der Waals surface area contributed by atoms with E-state index in [0.717, 1.165) is 11.1 Å². The average molecular weight is 223 g/mol. The fourth-order valence-corrected chi connectivity index (χ4v) is 1.69. The first kappa shape index (κ1) is 10.1. The number of nitrogens with one attached hydrogen (secondary N) is 1. The van der Waals surface area contributed by atoms with Crippen molar-refractivity contribution in [3.63, 3.8) is 0 Å². The van der Waals surface area contributed by atoms with Crippen molar-refractivity contribution in [3.8, 4) is 11.1 Å². The summed E-state index contributed by atoms with van der Waals surface area (Å²) in [6.07, 6.45) is 5.26. The van der Waals surface area contributed by atoms with Crippen LogP contribution in [0.5, 0.6) is 0 Å². The van der Waals surface area contributed by atoms with Gasteiger partial charge in [-0.15, -0.1) is 0 Å². The van der Waals surface area contributed by atoms with Gasteiger partial charge in [0.05, 0.1) is 16.9 Å². The van der Waals surface area contributed by atoms with Crippen LogP contribution in [0.1, 0.15) is 18.7 Å². The highest BCUT2D eigenvalue weighted by Crippen LogP contribution is 2.25. The summed E-state index contributed by atoms with van der Waals surface area (Å²) < 4.78 is 0. The van der Waals surface area contributed by atoms with E-state index in [4.69, 9.17) is 17.3 Å². The minimum absolute atomic E-state index is 0.157. The van der Waals surface area contributed by atoms with Gasteiger partial charge in [0, 0.05) is 29.6 Å². The van der Waals surface area contributed by atoms with Crippen molar-refractivity contribution < 1.29 is 0 Å². The molecule has 0 aliphatic heterocycles. The van der Waals surface area contributed by atoms with Gasteiger partial charge in [-0.3, -0.25) is 10.1 Å². The molecule has 4 nitrogen and oxygen atoms in total. The number of nitrogens with zero attached hydrogens (tertiary/aromatic N) is 2. The summed E-state index contributed by atoms with van der Waals surface area (Å²) in [5.74, 6) is 0. The third-order valence-corrected chi connectivity index (χ3v) is 2.44. The van der Waals surface area contributed by atoms with Gasteiger partial charge in [0.2, 0.25) is 0 Å². The van der Waals surface area contributed by atoms with E-state index in [1.807, 2.05) is 13.0 Å². The summed E-state index contributed by atoms with van der Waals surface area (Å²) in [6.45, 7) is 1.85. The number of nitrogens with two attached hydrogens (primary N) is 1. The summed E-state index contributed by atoms with van der Waals surface area (Å²) in [5.41, 5.74) is 8.32. The number of aromatic nitrogens is 3. The highest BCUT2D eigenvalue weighted by Gasteiger charge is 2.08. The number of halogens is 1. The van der Waals surface area contributed by atoms with E-state index >= 15 is 0 Å². The van der Waals surface area contributed by atoms with Crippen molar-refractivity contribution >= 4 is 11.6 Å². The molecule has 1 atom stereocenters. The molecule has 15 heavy (non-hydrogen) atoms. The van der Waals surface area contributed by atoms with Gasteiger partial charge in [-0.1, -0.05) is 11.6 Å². The number of H-pyrrole nitrogens is 1. The van der Waals surface area contributed by atoms with Crippen LogP contribution < -0.4 is 5.73 Å². The van der Waals surface area contributed by atoms with Gasteiger partial charge in [0.25, 0.3) is 0 Å². The molecule has 1 unspecified atom stereocenters. The lowest BCUT2D eigenvalue weighted by molar-refractivity contribution is 0.782. The molecule has 0 saturated heterocycles. The molecule has 0 radical (unpaired) electrons. The molecule has 0 bridgehead atoms. The van der Waals surface area contributed by atoms with E-state index in [1.54, 1.807) is 18.6 Å². The van der Waals surface area contributed by atoms with Crippen LogP contribution in [0.3, 0.4) is 0 Å². The Hall–Kier alpha value is -1.39. The topological polar surface area (TPSA) is 67.6 Å². The normalized spacial score (nSPS) is 12.7. The number of aromatic amines is 1. The number of hydrogen-bond acceptors (Lipinski definition) is 3.